The van der Waals surface area contributed by atoms with Gasteiger partial charge in [0.15, 0.2) is 17.3 Å². The number of nitrogens with zero attached hydrogens (tertiary/aromatic N) is 3. The number of carbonyl (C=O) groups excluding carboxylic acids is 2. The Balaban J connectivity index is 1.41. The van der Waals surface area contributed by atoms with E-state index in [2.05, 4.69) is 0 Å². The van der Waals surface area contributed by atoms with Crippen LogP contribution in [0.15, 0.2) is 58.4 Å². The van der Waals surface area contributed by atoms with Crippen molar-refractivity contribution in [2.24, 2.45) is 0 Å². The maximum absolute atomic E-state index is 15.4. The molecule has 230 valence electrons. The molecule has 1 saturated carbocycles. The van der Waals surface area contributed by atoms with Gasteiger partial charge in [-0.2, -0.15) is 0 Å². The number of thioether (sulfide) groups is 1. The van der Waals surface area contributed by atoms with Crippen LogP contribution < -0.4 is 15.2 Å². The Morgan fingerprint density at radius 2 is 1.91 bits per heavy atom. The fraction of sp³-hybridized carbons (Fsp3) is 0.387. The van der Waals surface area contributed by atoms with E-state index < -0.39 is 53.7 Å². The number of aromatic nitrogens is 1. The zero-order valence-electron chi connectivity index (χ0n) is 23.8. The molecule has 0 bridgehead atoms. The Morgan fingerprint density at radius 1 is 1.09 bits per heavy atom. The summed E-state index contributed by atoms with van der Waals surface area (Å²) in [6, 6.07) is 10.8. The molecule has 2 atom stereocenters. The topological polar surface area (TPSA) is 99.5 Å². The van der Waals surface area contributed by atoms with Gasteiger partial charge >= 0.3 is 6.16 Å². The van der Waals surface area contributed by atoms with Crippen molar-refractivity contribution < 1.29 is 37.3 Å². The zero-order chi connectivity index (χ0) is 30.6. The number of morpholine rings is 1. The van der Waals surface area contributed by atoms with E-state index in [1.165, 1.54) is 24.0 Å². The molecular weight excluding hydrogens is 596 g/mol. The molecule has 1 aliphatic carbocycles. The van der Waals surface area contributed by atoms with Crippen molar-refractivity contribution in [3.63, 3.8) is 0 Å². The zero-order valence-corrected chi connectivity index (χ0v) is 24.6. The summed E-state index contributed by atoms with van der Waals surface area (Å²) >= 11 is 1.40. The fourth-order valence-electron chi connectivity index (χ4n) is 6.29. The predicted molar refractivity (Wildman–Crippen MR) is 154 cm³/mol. The number of pyridine rings is 1. The number of fused-ring (bicyclic) bond motifs is 5. The van der Waals surface area contributed by atoms with Gasteiger partial charge < -0.3 is 23.8 Å². The molecule has 1 aromatic heterocycles. The third-order valence-electron chi connectivity index (χ3n) is 8.47. The normalized spacial score (nSPS) is 21.0. The number of benzene rings is 2. The summed E-state index contributed by atoms with van der Waals surface area (Å²) < 4.78 is 53.2. The van der Waals surface area contributed by atoms with Crippen LogP contribution in [0.1, 0.15) is 59.4 Å². The van der Waals surface area contributed by atoms with Crippen molar-refractivity contribution in [2.75, 3.05) is 31.6 Å². The van der Waals surface area contributed by atoms with Crippen LogP contribution in [0.2, 0.25) is 0 Å². The number of amides is 1. The Labute approximate surface area is 255 Å². The minimum absolute atomic E-state index is 0.0639. The van der Waals surface area contributed by atoms with Gasteiger partial charge in [-0.15, -0.1) is 11.8 Å². The highest BCUT2D eigenvalue weighted by Gasteiger charge is 2.60. The van der Waals surface area contributed by atoms with Crippen LogP contribution in [-0.4, -0.2) is 60.0 Å². The van der Waals surface area contributed by atoms with Gasteiger partial charge in [0.25, 0.3) is 5.91 Å². The summed E-state index contributed by atoms with van der Waals surface area (Å²) in [4.78, 5) is 42.1. The minimum Gasteiger partial charge on any atom is -0.451 e. The SMILES string of the molecule is CCCOC(=O)OCOc1c2n(ccc1=O)N([C@@H]1c3ccccc3SCc3c1ccc(F)c3F)[C@@H]1COCC3(CC3)N1C2=O. The highest BCUT2D eigenvalue weighted by molar-refractivity contribution is 7.98. The van der Waals surface area contributed by atoms with Gasteiger partial charge in [0.05, 0.1) is 31.4 Å². The number of carbonyl (C=O) groups is 2. The molecule has 1 saturated heterocycles. The van der Waals surface area contributed by atoms with Crippen LogP contribution in [0.4, 0.5) is 13.6 Å². The number of ether oxygens (including phenoxy) is 4. The summed E-state index contributed by atoms with van der Waals surface area (Å²) in [5.41, 5.74) is 0.336. The summed E-state index contributed by atoms with van der Waals surface area (Å²) in [5.74, 6) is -2.40. The molecular formula is C31H29F2N3O7S. The van der Waals surface area contributed by atoms with E-state index in [0.717, 1.165) is 16.5 Å². The first-order valence-corrected chi connectivity index (χ1v) is 15.4. The van der Waals surface area contributed by atoms with Gasteiger partial charge in [0.2, 0.25) is 18.0 Å². The average molecular weight is 626 g/mol. The Hall–Kier alpha value is -4.10. The van der Waals surface area contributed by atoms with Crippen LogP contribution >= 0.6 is 11.8 Å². The van der Waals surface area contributed by atoms with E-state index in [0.29, 0.717) is 31.4 Å². The highest BCUT2D eigenvalue weighted by atomic mass is 32.2. The van der Waals surface area contributed by atoms with Crippen molar-refractivity contribution in [1.29, 1.82) is 0 Å². The lowest BCUT2D eigenvalue weighted by Crippen LogP contribution is -2.70. The van der Waals surface area contributed by atoms with Crippen molar-refractivity contribution in [3.8, 4) is 5.75 Å². The molecule has 7 rings (SSSR count). The lowest BCUT2D eigenvalue weighted by Gasteiger charge is -2.54. The van der Waals surface area contributed by atoms with Crippen molar-refractivity contribution in [3.05, 3.63) is 92.9 Å². The lowest BCUT2D eigenvalue weighted by molar-refractivity contribution is -0.0621. The fourth-order valence-corrected chi connectivity index (χ4v) is 7.41. The van der Waals surface area contributed by atoms with E-state index in [-0.39, 0.29) is 36.0 Å². The molecule has 44 heavy (non-hydrogen) atoms. The van der Waals surface area contributed by atoms with Crippen molar-refractivity contribution >= 4 is 23.8 Å². The number of halogens is 2. The molecule has 1 amide bonds. The molecule has 10 nitrogen and oxygen atoms in total. The van der Waals surface area contributed by atoms with Crippen LogP contribution in [0.3, 0.4) is 0 Å². The monoisotopic (exact) mass is 625 g/mol. The molecule has 2 fully saturated rings. The van der Waals surface area contributed by atoms with Crippen LogP contribution in [0, 0.1) is 11.6 Å². The van der Waals surface area contributed by atoms with E-state index in [4.69, 9.17) is 18.9 Å². The van der Waals surface area contributed by atoms with E-state index in [1.54, 1.807) is 15.6 Å². The maximum Gasteiger partial charge on any atom is 0.511 e. The highest BCUT2D eigenvalue weighted by Crippen LogP contribution is 2.51. The third kappa shape index (κ3) is 4.60. The van der Waals surface area contributed by atoms with E-state index in [9.17, 15) is 18.8 Å². The van der Waals surface area contributed by atoms with Gasteiger partial charge in [-0.25, -0.2) is 13.6 Å². The smallest absolute Gasteiger partial charge is 0.451 e. The first-order valence-electron chi connectivity index (χ1n) is 14.4. The second-order valence-electron chi connectivity index (χ2n) is 11.1. The van der Waals surface area contributed by atoms with Crippen molar-refractivity contribution in [1.82, 2.24) is 9.58 Å². The Morgan fingerprint density at radius 3 is 2.70 bits per heavy atom. The first kappa shape index (κ1) is 28.7. The Bertz CT molecular complexity index is 1710. The molecule has 3 aliphatic heterocycles. The summed E-state index contributed by atoms with van der Waals surface area (Å²) in [6.07, 6.45) is 1.87. The molecule has 4 aliphatic rings. The molecule has 0 unspecified atom stereocenters. The first-order chi connectivity index (χ1) is 21.3. The summed E-state index contributed by atoms with van der Waals surface area (Å²) in [7, 11) is 0. The molecule has 3 aromatic rings. The predicted octanol–water partition coefficient (Wildman–Crippen LogP) is 4.70. The molecule has 4 heterocycles. The number of hydrogen-bond donors (Lipinski definition) is 0. The maximum atomic E-state index is 15.4. The molecule has 13 heteroatoms. The van der Waals surface area contributed by atoms with Crippen LogP contribution in [-0.2, 0) is 20.0 Å². The van der Waals surface area contributed by atoms with E-state index in [1.807, 2.05) is 36.2 Å². The third-order valence-corrected chi connectivity index (χ3v) is 9.58. The van der Waals surface area contributed by atoms with Gasteiger partial charge in [0, 0.05) is 28.5 Å². The number of hydrogen-bond acceptors (Lipinski definition) is 9. The second kappa shape index (κ2) is 11.1. The lowest BCUT2D eigenvalue weighted by atomic mass is 9.92. The summed E-state index contributed by atoms with van der Waals surface area (Å²) in [5, 5.41) is 1.89. The minimum atomic E-state index is -0.965. The quantitative estimate of drug-likeness (QED) is 0.285. The van der Waals surface area contributed by atoms with Crippen LogP contribution in [0.5, 0.6) is 5.75 Å². The van der Waals surface area contributed by atoms with Gasteiger partial charge in [0.1, 0.15) is 6.17 Å². The van der Waals surface area contributed by atoms with Crippen molar-refractivity contribution in [2.45, 2.75) is 54.6 Å². The molecule has 2 aromatic carbocycles. The Kier molecular flexibility index (Phi) is 7.24. The molecule has 0 N–H and O–H groups in total. The largest absolute Gasteiger partial charge is 0.511 e. The van der Waals surface area contributed by atoms with Gasteiger partial charge in [-0.1, -0.05) is 31.2 Å². The summed E-state index contributed by atoms with van der Waals surface area (Å²) in [6.45, 7) is 1.81. The van der Waals surface area contributed by atoms with E-state index >= 15 is 4.39 Å². The average Bonchev–Trinajstić information content (AvgIpc) is 3.81. The standard InChI is InChI=1S/C31H29F2N3O7S/c1-2-13-41-30(39)43-17-42-28-22(37)9-12-34-27(28)29(38)35-24(14-40-16-31(35)10-11-31)36(34)26-18-7-8-21(32)25(33)20(18)15-44-23-6-4-3-5-19(23)26/h3-9,12,24,26H,2,10-11,13-17H2,1H3/t24-,26+/m1/s1. The van der Waals surface area contributed by atoms with Gasteiger partial charge in [-0.05, 0) is 42.5 Å². The number of rotatable bonds is 6. The van der Waals surface area contributed by atoms with Crippen LogP contribution in [0.25, 0.3) is 0 Å². The molecule has 0 radical (unpaired) electrons. The van der Waals surface area contributed by atoms with Gasteiger partial charge in [-0.3, -0.25) is 19.3 Å². The second-order valence-corrected chi connectivity index (χ2v) is 12.2. The molecule has 1 spiro atoms.